The van der Waals surface area contributed by atoms with Gasteiger partial charge in [0.25, 0.3) is 0 Å². The second-order valence-electron chi connectivity index (χ2n) is 3.10. The van der Waals surface area contributed by atoms with Crippen molar-refractivity contribution in [2.45, 2.75) is 26.9 Å². The third-order valence-corrected chi connectivity index (χ3v) is 1.54. The Bertz CT molecular complexity index is 308. The van der Waals surface area contributed by atoms with Crippen LogP contribution in [0.15, 0.2) is 12.1 Å². The molecule has 1 rings (SSSR count). The Hall–Kier alpha value is -1.38. The lowest BCUT2D eigenvalue weighted by Crippen LogP contribution is -2.07. The van der Waals surface area contributed by atoms with E-state index in [0.29, 0.717) is 5.69 Å². The first-order chi connectivity index (χ1) is 6.13. The molecule has 1 aromatic heterocycles. The molecule has 1 heterocycles. The number of hydrogen-bond donors (Lipinski definition) is 0. The highest BCUT2D eigenvalue weighted by atomic mass is 16.5. The molecule has 0 saturated heterocycles. The van der Waals surface area contributed by atoms with Crippen LogP contribution in [-0.2, 0) is 0 Å². The van der Waals surface area contributed by atoms with Gasteiger partial charge in [-0.15, -0.1) is 0 Å². The molecule has 0 unspecified atom stereocenters. The first-order valence-corrected chi connectivity index (χ1v) is 4.23. The van der Waals surface area contributed by atoms with E-state index in [0.717, 1.165) is 17.7 Å². The predicted molar refractivity (Wildman–Crippen MR) is 50.1 cm³/mol. The van der Waals surface area contributed by atoms with Crippen molar-refractivity contribution in [3.8, 4) is 5.75 Å². The fourth-order valence-electron chi connectivity index (χ4n) is 1.01. The number of ether oxygens (including phenoxy) is 1. The van der Waals surface area contributed by atoms with Gasteiger partial charge in [0.15, 0.2) is 6.29 Å². The second kappa shape index (κ2) is 4.03. The predicted octanol–water partition coefficient (Wildman–Crippen LogP) is 1.99. The molecule has 3 nitrogen and oxygen atoms in total. The van der Waals surface area contributed by atoms with Gasteiger partial charge in [-0.1, -0.05) is 0 Å². The molecule has 0 aromatic carbocycles. The Labute approximate surface area is 77.8 Å². The van der Waals surface area contributed by atoms with Crippen molar-refractivity contribution < 1.29 is 9.53 Å². The Morgan fingerprint density at radius 2 is 2.15 bits per heavy atom. The third kappa shape index (κ3) is 2.54. The molecule has 0 fully saturated rings. The van der Waals surface area contributed by atoms with Crippen molar-refractivity contribution in [1.29, 1.82) is 0 Å². The largest absolute Gasteiger partial charge is 0.489 e. The number of carbonyl (C=O) groups excluding carboxylic acids is 1. The van der Waals surface area contributed by atoms with E-state index in [2.05, 4.69) is 4.98 Å². The Balaban J connectivity index is 2.91. The molecule has 3 heteroatoms. The SMILES string of the molecule is Cc1nc(C=O)ccc1OC(C)C. The maximum Gasteiger partial charge on any atom is 0.168 e. The van der Waals surface area contributed by atoms with Crippen LogP contribution in [0.5, 0.6) is 5.75 Å². The molecular formula is C10H13NO2. The van der Waals surface area contributed by atoms with Crippen molar-refractivity contribution in [3.05, 3.63) is 23.5 Å². The highest BCUT2D eigenvalue weighted by Gasteiger charge is 2.03. The summed E-state index contributed by atoms with van der Waals surface area (Å²) in [5.74, 6) is 0.737. The molecule has 1 aromatic rings. The lowest BCUT2D eigenvalue weighted by Gasteiger charge is -2.11. The van der Waals surface area contributed by atoms with Crippen molar-refractivity contribution in [1.82, 2.24) is 4.98 Å². The van der Waals surface area contributed by atoms with E-state index < -0.39 is 0 Å². The highest BCUT2D eigenvalue weighted by Crippen LogP contribution is 2.16. The maximum absolute atomic E-state index is 10.4. The number of pyridine rings is 1. The van der Waals surface area contributed by atoms with E-state index in [4.69, 9.17) is 4.74 Å². The van der Waals surface area contributed by atoms with Gasteiger partial charge in [-0.2, -0.15) is 0 Å². The summed E-state index contributed by atoms with van der Waals surface area (Å²) in [6, 6.07) is 3.42. The number of rotatable bonds is 3. The summed E-state index contributed by atoms with van der Waals surface area (Å²) < 4.78 is 5.47. The summed E-state index contributed by atoms with van der Waals surface area (Å²) in [6.45, 7) is 5.73. The molecule has 0 bridgehead atoms. The topological polar surface area (TPSA) is 39.2 Å². The molecule has 0 atom stereocenters. The van der Waals surface area contributed by atoms with E-state index >= 15 is 0 Å². The molecule has 0 saturated carbocycles. The quantitative estimate of drug-likeness (QED) is 0.666. The normalized spacial score (nSPS) is 10.2. The van der Waals surface area contributed by atoms with E-state index in [-0.39, 0.29) is 6.10 Å². The zero-order chi connectivity index (χ0) is 9.84. The summed E-state index contributed by atoms with van der Waals surface area (Å²) in [5.41, 5.74) is 1.19. The van der Waals surface area contributed by atoms with Crippen LogP contribution in [0.3, 0.4) is 0 Å². The zero-order valence-electron chi connectivity index (χ0n) is 8.07. The minimum Gasteiger partial charge on any atom is -0.489 e. The minimum absolute atomic E-state index is 0.127. The van der Waals surface area contributed by atoms with Gasteiger partial charge >= 0.3 is 0 Å². The van der Waals surface area contributed by atoms with Gasteiger partial charge < -0.3 is 4.74 Å². The van der Waals surface area contributed by atoms with E-state index in [9.17, 15) is 4.79 Å². The first kappa shape index (κ1) is 9.71. The van der Waals surface area contributed by atoms with Crippen LogP contribution >= 0.6 is 0 Å². The number of aldehydes is 1. The molecule has 0 aliphatic rings. The maximum atomic E-state index is 10.4. The van der Waals surface area contributed by atoms with Crippen LogP contribution in [0.25, 0.3) is 0 Å². The van der Waals surface area contributed by atoms with Gasteiger partial charge in [-0.05, 0) is 32.9 Å². The Morgan fingerprint density at radius 1 is 1.46 bits per heavy atom. The lowest BCUT2D eigenvalue weighted by atomic mass is 10.3. The van der Waals surface area contributed by atoms with Gasteiger partial charge in [0.2, 0.25) is 0 Å². The van der Waals surface area contributed by atoms with Crippen LogP contribution in [0.2, 0.25) is 0 Å². The van der Waals surface area contributed by atoms with E-state index in [1.54, 1.807) is 12.1 Å². The Morgan fingerprint density at radius 3 is 2.62 bits per heavy atom. The summed E-state index contributed by atoms with van der Waals surface area (Å²) in [7, 11) is 0. The van der Waals surface area contributed by atoms with E-state index in [1.165, 1.54) is 0 Å². The highest BCUT2D eigenvalue weighted by molar-refractivity contribution is 5.71. The molecule has 0 N–H and O–H groups in total. The van der Waals surface area contributed by atoms with Gasteiger partial charge in [-0.3, -0.25) is 4.79 Å². The number of aromatic nitrogens is 1. The standard InChI is InChI=1S/C10H13NO2/c1-7(2)13-10-5-4-9(6-12)11-8(10)3/h4-7H,1-3H3. The van der Waals surface area contributed by atoms with Crippen LogP contribution in [0.1, 0.15) is 30.0 Å². The van der Waals surface area contributed by atoms with Gasteiger partial charge in [0.1, 0.15) is 11.4 Å². The number of hydrogen-bond acceptors (Lipinski definition) is 3. The monoisotopic (exact) mass is 179 g/mol. The van der Waals surface area contributed by atoms with Gasteiger partial charge in [-0.25, -0.2) is 4.98 Å². The van der Waals surface area contributed by atoms with Crippen LogP contribution in [0, 0.1) is 6.92 Å². The van der Waals surface area contributed by atoms with Crippen LogP contribution < -0.4 is 4.74 Å². The van der Waals surface area contributed by atoms with Crippen LogP contribution in [-0.4, -0.2) is 17.4 Å². The fourth-order valence-corrected chi connectivity index (χ4v) is 1.01. The smallest absolute Gasteiger partial charge is 0.168 e. The number of carbonyl (C=O) groups is 1. The first-order valence-electron chi connectivity index (χ1n) is 4.23. The molecule has 0 aliphatic heterocycles. The van der Waals surface area contributed by atoms with Crippen molar-refractivity contribution in [2.24, 2.45) is 0 Å². The lowest BCUT2D eigenvalue weighted by molar-refractivity contribution is 0.111. The molecule has 0 amide bonds. The molecular weight excluding hydrogens is 166 g/mol. The number of nitrogens with zero attached hydrogens (tertiary/aromatic N) is 1. The molecule has 70 valence electrons. The second-order valence-corrected chi connectivity index (χ2v) is 3.10. The van der Waals surface area contributed by atoms with Crippen molar-refractivity contribution in [2.75, 3.05) is 0 Å². The molecule has 0 radical (unpaired) electrons. The Kier molecular flexibility index (Phi) is 3.01. The average molecular weight is 179 g/mol. The minimum atomic E-state index is 0.127. The summed E-state index contributed by atoms with van der Waals surface area (Å²) in [6.07, 6.45) is 0.856. The summed E-state index contributed by atoms with van der Waals surface area (Å²) in [5, 5.41) is 0. The third-order valence-electron chi connectivity index (χ3n) is 1.54. The molecule has 0 aliphatic carbocycles. The van der Waals surface area contributed by atoms with Gasteiger partial charge in [0.05, 0.1) is 11.8 Å². The van der Waals surface area contributed by atoms with Crippen LogP contribution in [0.4, 0.5) is 0 Å². The van der Waals surface area contributed by atoms with Gasteiger partial charge in [0, 0.05) is 0 Å². The zero-order valence-corrected chi connectivity index (χ0v) is 8.07. The van der Waals surface area contributed by atoms with Crippen molar-refractivity contribution in [3.63, 3.8) is 0 Å². The van der Waals surface area contributed by atoms with Crippen molar-refractivity contribution >= 4 is 6.29 Å². The summed E-state index contributed by atoms with van der Waals surface area (Å²) >= 11 is 0. The average Bonchev–Trinajstić information content (AvgIpc) is 2.08. The number of aryl methyl sites for hydroxylation is 1. The fraction of sp³-hybridized carbons (Fsp3) is 0.400. The van der Waals surface area contributed by atoms with E-state index in [1.807, 2.05) is 20.8 Å². The molecule has 13 heavy (non-hydrogen) atoms. The summed E-state index contributed by atoms with van der Waals surface area (Å²) in [4.78, 5) is 14.4. The molecule has 0 spiro atoms.